The number of nitrogens with one attached hydrogen (secondary N) is 2. The van der Waals surface area contributed by atoms with Gasteiger partial charge in [0.25, 0.3) is 0 Å². The van der Waals surface area contributed by atoms with Crippen LogP contribution in [-0.4, -0.2) is 25.0 Å². The minimum Gasteiger partial charge on any atom is -0.355 e. The normalized spacial score (nSPS) is 14.6. The van der Waals surface area contributed by atoms with Crippen LogP contribution < -0.4 is 10.6 Å². The second-order valence-electron chi connectivity index (χ2n) is 4.47. The maximum absolute atomic E-state index is 13.3. The fourth-order valence-corrected chi connectivity index (χ4v) is 1.69. The Morgan fingerprint density at radius 2 is 2.06 bits per heavy atom. The molecule has 0 bridgehead atoms. The smallest absolute Gasteiger partial charge is 0.224 e. The van der Waals surface area contributed by atoms with E-state index < -0.39 is 11.6 Å². The molecule has 1 saturated carbocycles. The first-order valence-corrected chi connectivity index (χ1v) is 6.10. The molecular formula is C13H16F2N2O. The van der Waals surface area contributed by atoms with Crippen LogP contribution in [-0.2, 0) is 11.2 Å². The average Bonchev–Trinajstić information content (AvgIpc) is 3.15. The summed E-state index contributed by atoms with van der Waals surface area (Å²) in [5, 5.41) is 5.92. The van der Waals surface area contributed by atoms with Crippen molar-refractivity contribution in [2.75, 3.05) is 13.1 Å². The molecule has 0 heterocycles. The van der Waals surface area contributed by atoms with Crippen LogP contribution in [0.4, 0.5) is 8.78 Å². The number of hydrogen-bond acceptors (Lipinski definition) is 2. The van der Waals surface area contributed by atoms with E-state index in [-0.39, 0.29) is 17.9 Å². The monoisotopic (exact) mass is 254 g/mol. The van der Waals surface area contributed by atoms with E-state index in [1.165, 1.54) is 25.0 Å². The maximum Gasteiger partial charge on any atom is 0.224 e. The number of halogens is 2. The Morgan fingerprint density at radius 1 is 1.28 bits per heavy atom. The van der Waals surface area contributed by atoms with Crippen LogP contribution in [0.1, 0.15) is 18.4 Å². The first-order chi connectivity index (χ1) is 8.66. The van der Waals surface area contributed by atoms with E-state index in [1.54, 1.807) is 0 Å². The topological polar surface area (TPSA) is 41.1 Å². The highest BCUT2D eigenvalue weighted by Crippen LogP contribution is 2.17. The Kier molecular flexibility index (Phi) is 4.25. The minimum absolute atomic E-state index is 0.0858. The Balaban J connectivity index is 1.73. The molecule has 1 amide bonds. The minimum atomic E-state index is -0.941. The van der Waals surface area contributed by atoms with Gasteiger partial charge in [-0.05, 0) is 18.9 Å². The lowest BCUT2D eigenvalue weighted by molar-refractivity contribution is -0.120. The molecular weight excluding hydrogens is 238 g/mol. The lowest BCUT2D eigenvalue weighted by Crippen LogP contribution is -2.33. The zero-order chi connectivity index (χ0) is 13.0. The summed E-state index contributed by atoms with van der Waals surface area (Å²) in [6.07, 6.45) is 2.26. The number of benzene rings is 1. The molecule has 1 aliphatic carbocycles. The van der Waals surface area contributed by atoms with Crippen molar-refractivity contribution in [2.45, 2.75) is 25.3 Å². The predicted octanol–water partition coefficient (Wildman–Crippen LogP) is 1.38. The van der Waals surface area contributed by atoms with Gasteiger partial charge in [0.05, 0.1) is 6.42 Å². The van der Waals surface area contributed by atoms with E-state index >= 15 is 0 Å². The molecule has 1 aliphatic rings. The fraction of sp³-hybridized carbons (Fsp3) is 0.462. The van der Waals surface area contributed by atoms with Crippen LogP contribution in [0.5, 0.6) is 0 Å². The van der Waals surface area contributed by atoms with E-state index in [0.29, 0.717) is 19.1 Å². The van der Waals surface area contributed by atoms with Gasteiger partial charge in [0.1, 0.15) is 0 Å². The summed E-state index contributed by atoms with van der Waals surface area (Å²) in [6.45, 7) is 1.22. The molecule has 0 spiro atoms. The molecule has 0 unspecified atom stereocenters. The van der Waals surface area contributed by atoms with E-state index in [1.807, 2.05) is 0 Å². The summed E-state index contributed by atoms with van der Waals surface area (Å²) in [5.74, 6) is -2.16. The fourth-order valence-electron chi connectivity index (χ4n) is 1.69. The summed E-state index contributed by atoms with van der Waals surface area (Å²) in [6, 6.07) is 4.45. The molecule has 0 radical (unpaired) electrons. The molecule has 0 atom stereocenters. The zero-order valence-electron chi connectivity index (χ0n) is 10.0. The zero-order valence-corrected chi connectivity index (χ0v) is 10.0. The van der Waals surface area contributed by atoms with Gasteiger partial charge in [-0.25, -0.2) is 8.78 Å². The SMILES string of the molecule is O=C(Cc1cccc(F)c1F)NCCNC1CC1. The number of hydrogen-bond donors (Lipinski definition) is 2. The third-order valence-corrected chi connectivity index (χ3v) is 2.84. The van der Waals surface area contributed by atoms with Crippen molar-refractivity contribution in [2.24, 2.45) is 0 Å². The van der Waals surface area contributed by atoms with Crippen molar-refractivity contribution >= 4 is 5.91 Å². The first-order valence-electron chi connectivity index (χ1n) is 6.10. The largest absolute Gasteiger partial charge is 0.355 e. The third kappa shape index (κ3) is 3.77. The summed E-state index contributed by atoms with van der Waals surface area (Å²) in [5.41, 5.74) is 0.0858. The van der Waals surface area contributed by atoms with E-state index in [4.69, 9.17) is 0 Å². The van der Waals surface area contributed by atoms with Crippen molar-refractivity contribution in [1.82, 2.24) is 10.6 Å². The highest BCUT2D eigenvalue weighted by molar-refractivity contribution is 5.78. The highest BCUT2D eigenvalue weighted by atomic mass is 19.2. The van der Waals surface area contributed by atoms with Gasteiger partial charge in [0, 0.05) is 24.7 Å². The molecule has 98 valence electrons. The lowest BCUT2D eigenvalue weighted by atomic mass is 10.1. The Hall–Kier alpha value is -1.49. The maximum atomic E-state index is 13.3. The molecule has 5 heteroatoms. The second kappa shape index (κ2) is 5.91. The number of rotatable bonds is 6. The van der Waals surface area contributed by atoms with Crippen molar-refractivity contribution in [1.29, 1.82) is 0 Å². The van der Waals surface area contributed by atoms with E-state index in [9.17, 15) is 13.6 Å². The number of carbonyl (C=O) groups is 1. The van der Waals surface area contributed by atoms with Crippen LogP contribution in [0.3, 0.4) is 0 Å². The Labute approximate surface area is 105 Å². The summed E-state index contributed by atoms with van der Waals surface area (Å²) in [7, 11) is 0. The van der Waals surface area contributed by atoms with Crippen LogP contribution in [0.2, 0.25) is 0 Å². The lowest BCUT2D eigenvalue weighted by Gasteiger charge is -2.07. The second-order valence-corrected chi connectivity index (χ2v) is 4.47. The van der Waals surface area contributed by atoms with E-state index in [2.05, 4.69) is 10.6 Å². The molecule has 0 aliphatic heterocycles. The summed E-state index contributed by atoms with van der Waals surface area (Å²) >= 11 is 0. The predicted molar refractivity (Wildman–Crippen MR) is 64.1 cm³/mol. The summed E-state index contributed by atoms with van der Waals surface area (Å²) < 4.78 is 26.2. The van der Waals surface area contributed by atoms with Gasteiger partial charge in [-0.1, -0.05) is 12.1 Å². The summed E-state index contributed by atoms with van der Waals surface area (Å²) in [4.78, 5) is 11.5. The van der Waals surface area contributed by atoms with Gasteiger partial charge in [-0.3, -0.25) is 4.79 Å². The van der Waals surface area contributed by atoms with Gasteiger partial charge >= 0.3 is 0 Å². The Morgan fingerprint density at radius 3 is 2.78 bits per heavy atom. The van der Waals surface area contributed by atoms with Gasteiger partial charge in [-0.15, -0.1) is 0 Å². The van der Waals surface area contributed by atoms with Crippen molar-refractivity contribution in [3.05, 3.63) is 35.4 Å². The van der Waals surface area contributed by atoms with Gasteiger partial charge in [-0.2, -0.15) is 0 Å². The third-order valence-electron chi connectivity index (χ3n) is 2.84. The molecule has 0 aromatic heterocycles. The molecule has 18 heavy (non-hydrogen) atoms. The molecule has 0 saturated heterocycles. The van der Waals surface area contributed by atoms with Crippen LogP contribution in [0.25, 0.3) is 0 Å². The quantitative estimate of drug-likeness (QED) is 0.753. The average molecular weight is 254 g/mol. The van der Waals surface area contributed by atoms with Crippen molar-refractivity contribution in [3.8, 4) is 0 Å². The van der Waals surface area contributed by atoms with Crippen molar-refractivity contribution in [3.63, 3.8) is 0 Å². The Bertz CT molecular complexity index is 433. The van der Waals surface area contributed by atoms with E-state index in [0.717, 1.165) is 6.07 Å². The van der Waals surface area contributed by atoms with Crippen LogP contribution >= 0.6 is 0 Å². The number of carbonyl (C=O) groups excluding carboxylic acids is 1. The highest BCUT2D eigenvalue weighted by Gasteiger charge is 2.19. The first kappa shape index (κ1) is 13.0. The van der Waals surface area contributed by atoms with Gasteiger partial charge in [0.2, 0.25) is 5.91 Å². The molecule has 2 N–H and O–H groups in total. The molecule has 1 fully saturated rings. The molecule has 2 rings (SSSR count). The van der Waals surface area contributed by atoms with Gasteiger partial charge < -0.3 is 10.6 Å². The molecule has 3 nitrogen and oxygen atoms in total. The van der Waals surface area contributed by atoms with Crippen molar-refractivity contribution < 1.29 is 13.6 Å². The van der Waals surface area contributed by atoms with Crippen LogP contribution in [0, 0.1) is 11.6 Å². The molecule has 1 aromatic rings. The molecule has 1 aromatic carbocycles. The standard InChI is InChI=1S/C13H16F2N2O/c14-11-3-1-2-9(13(11)15)8-12(18)17-7-6-16-10-4-5-10/h1-3,10,16H,4-8H2,(H,17,18). The van der Waals surface area contributed by atoms with Crippen LogP contribution in [0.15, 0.2) is 18.2 Å². The van der Waals surface area contributed by atoms with Gasteiger partial charge in [0.15, 0.2) is 11.6 Å². The number of amides is 1.